The molecule has 0 spiro atoms. The number of nitrogens with two attached hydrogens (primary N) is 1. The second-order valence-corrected chi connectivity index (χ2v) is 7.86. The van der Waals surface area contributed by atoms with Crippen molar-refractivity contribution in [2.24, 2.45) is 5.73 Å². The number of thiophene rings is 1. The van der Waals surface area contributed by atoms with Crippen molar-refractivity contribution in [3.05, 3.63) is 64.8 Å². The number of hydrogen-bond donors (Lipinski definition) is 2. The van der Waals surface area contributed by atoms with Gasteiger partial charge < -0.3 is 20.5 Å². The lowest BCUT2D eigenvalue weighted by molar-refractivity contribution is -0.144. The van der Waals surface area contributed by atoms with Gasteiger partial charge in [-0.3, -0.25) is 4.79 Å². The first kappa shape index (κ1) is 19.4. The van der Waals surface area contributed by atoms with Crippen molar-refractivity contribution in [2.75, 3.05) is 12.0 Å². The van der Waals surface area contributed by atoms with Crippen LogP contribution >= 0.6 is 11.3 Å². The normalized spacial score (nSPS) is 19.2. The number of fused-ring (bicyclic) bond motifs is 2. The van der Waals surface area contributed by atoms with E-state index in [0.717, 1.165) is 15.6 Å². The summed E-state index contributed by atoms with van der Waals surface area (Å²) in [6.45, 7) is 0.252. The van der Waals surface area contributed by atoms with Gasteiger partial charge in [0.1, 0.15) is 17.9 Å². The lowest BCUT2D eigenvalue weighted by atomic mass is 9.88. The molecule has 0 saturated heterocycles. The predicted octanol–water partition coefficient (Wildman–Crippen LogP) is 3.10. The fourth-order valence-corrected chi connectivity index (χ4v) is 4.98. The average molecular weight is 414 g/mol. The van der Waals surface area contributed by atoms with E-state index in [0.29, 0.717) is 11.3 Å². The monoisotopic (exact) mass is 414 g/mol. The zero-order chi connectivity index (χ0) is 20.7. The van der Waals surface area contributed by atoms with Gasteiger partial charge in [-0.2, -0.15) is 0 Å². The van der Waals surface area contributed by atoms with Crippen LogP contribution in [0.5, 0.6) is 0 Å². The van der Waals surface area contributed by atoms with E-state index in [4.69, 9.17) is 10.5 Å². The molecule has 0 saturated carbocycles. The summed E-state index contributed by atoms with van der Waals surface area (Å²) in [5.41, 5.74) is 8.31. The summed E-state index contributed by atoms with van der Waals surface area (Å²) >= 11 is 1.47. The van der Waals surface area contributed by atoms with E-state index in [9.17, 15) is 19.1 Å². The van der Waals surface area contributed by atoms with Crippen LogP contribution in [0, 0.1) is 5.82 Å². The van der Waals surface area contributed by atoms with Crippen LogP contribution in [0.4, 0.5) is 10.1 Å². The zero-order valence-corrected chi connectivity index (χ0v) is 16.4. The third-order valence-electron chi connectivity index (χ3n) is 5.35. The van der Waals surface area contributed by atoms with Gasteiger partial charge in [0.05, 0.1) is 7.11 Å². The fourth-order valence-electron chi connectivity index (χ4n) is 4.05. The van der Waals surface area contributed by atoms with Gasteiger partial charge in [0.2, 0.25) is 0 Å². The number of rotatable bonds is 5. The molecule has 3 aromatic rings. The highest BCUT2D eigenvalue weighted by atomic mass is 32.1. The minimum Gasteiger partial charge on any atom is -0.480 e. The van der Waals surface area contributed by atoms with E-state index in [1.807, 2.05) is 17.5 Å². The summed E-state index contributed by atoms with van der Waals surface area (Å²) in [6.07, 6.45) is 0. The van der Waals surface area contributed by atoms with Crippen molar-refractivity contribution in [3.8, 4) is 0 Å². The Hall–Kier alpha value is -2.97. The molecular formula is C21H19FN2O4S. The maximum atomic E-state index is 13.8. The van der Waals surface area contributed by atoms with Gasteiger partial charge in [-0.05, 0) is 40.8 Å². The van der Waals surface area contributed by atoms with Gasteiger partial charge in [-0.25, -0.2) is 9.18 Å². The summed E-state index contributed by atoms with van der Waals surface area (Å²) in [5, 5.41) is 12.7. The topological polar surface area (TPSA) is 92.9 Å². The molecule has 0 bridgehead atoms. The van der Waals surface area contributed by atoms with Crippen LogP contribution < -0.4 is 10.6 Å². The molecule has 6 nitrogen and oxygen atoms in total. The van der Waals surface area contributed by atoms with Gasteiger partial charge in [0, 0.05) is 28.2 Å². The molecule has 4 rings (SSSR count). The lowest BCUT2D eigenvalue weighted by Crippen LogP contribution is -2.49. The summed E-state index contributed by atoms with van der Waals surface area (Å²) in [6, 6.07) is 9.58. The third-order valence-corrected chi connectivity index (χ3v) is 6.36. The van der Waals surface area contributed by atoms with Crippen LogP contribution in [-0.2, 0) is 20.9 Å². The summed E-state index contributed by atoms with van der Waals surface area (Å²) < 4.78 is 19.5. The molecule has 0 amide bonds. The summed E-state index contributed by atoms with van der Waals surface area (Å²) in [7, 11) is 1.22. The minimum atomic E-state index is -1.12. The van der Waals surface area contributed by atoms with Crippen LogP contribution in [0.25, 0.3) is 10.1 Å². The number of methoxy groups -OCH3 is 1. The number of halogens is 1. The molecule has 3 atom stereocenters. The van der Waals surface area contributed by atoms with E-state index in [1.54, 1.807) is 23.1 Å². The van der Waals surface area contributed by atoms with Crippen LogP contribution in [-0.4, -0.2) is 36.2 Å². The highest BCUT2D eigenvalue weighted by Crippen LogP contribution is 2.44. The van der Waals surface area contributed by atoms with Crippen molar-refractivity contribution < 1.29 is 23.8 Å². The Morgan fingerprint density at radius 3 is 2.79 bits per heavy atom. The van der Waals surface area contributed by atoms with Crippen molar-refractivity contribution in [3.63, 3.8) is 0 Å². The highest BCUT2D eigenvalue weighted by Gasteiger charge is 2.48. The molecule has 3 N–H and O–H groups in total. The molecule has 2 aromatic carbocycles. The van der Waals surface area contributed by atoms with Crippen molar-refractivity contribution in [1.82, 2.24) is 0 Å². The number of ether oxygens (including phenoxy) is 1. The number of benzene rings is 2. The van der Waals surface area contributed by atoms with Crippen LogP contribution in [0.3, 0.4) is 0 Å². The van der Waals surface area contributed by atoms with Gasteiger partial charge in [-0.1, -0.05) is 18.2 Å². The number of esters is 1. The SMILES string of the molecule is COC(=O)C(N)C1c2ccccc2N(Cc2csc3ccc(F)cc23)C1C(=O)O. The molecule has 8 heteroatoms. The molecule has 150 valence electrons. The third kappa shape index (κ3) is 3.24. The van der Waals surface area contributed by atoms with Crippen LogP contribution in [0.15, 0.2) is 47.8 Å². The standard InChI is InChI=1S/C21H19FN2O4S/c1-28-21(27)18(23)17-13-4-2-3-5-15(13)24(19(17)20(25)26)9-11-10-29-16-7-6-12(22)8-14(11)16/h2-8,10,17-19H,9,23H2,1H3,(H,25,26). The Morgan fingerprint density at radius 1 is 1.31 bits per heavy atom. The molecule has 0 fully saturated rings. The number of aliphatic carboxylic acids is 1. The van der Waals surface area contributed by atoms with E-state index < -0.39 is 29.9 Å². The molecule has 29 heavy (non-hydrogen) atoms. The lowest BCUT2D eigenvalue weighted by Gasteiger charge is -2.28. The Morgan fingerprint density at radius 2 is 2.07 bits per heavy atom. The number of carboxylic acids is 1. The van der Waals surface area contributed by atoms with Crippen LogP contribution in [0.2, 0.25) is 0 Å². The quantitative estimate of drug-likeness (QED) is 0.624. The predicted molar refractivity (Wildman–Crippen MR) is 109 cm³/mol. The zero-order valence-electron chi connectivity index (χ0n) is 15.5. The Balaban J connectivity index is 1.80. The van der Waals surface area contributed by atoms with Crippen molar-refractivity contribution in [1.29, 1.82) is 0 Å². The first-order chi connectivity index (χ1) is 13.9. The number of carbonyl (C=O) groups excluding carboxylic acids is 1. The largest absolute Gasteiger partial charge is 0.480 e. The highest BCUT2D eigenvalue weighted by molar-refractivity contribution is 7.17. The molecule has 2 heterocycles. The molecular weight excluding hydrogens is 395 g/mol. The molecule has 3 unspecified atom stereocenters. The molecule has 1 aliphatic heterocycles. The van der Waals surface area contributed by atoms with Crippen molar-refractivity contribution >= 4 is 39.0 Å². The fraction of sp³-hybridized carbons (Fsp3) is 0.238. The molecule has 0 aliphatic carbocycles. The van der Waals surface area contributed by atoms with Gasteiger partial charge in [0.15, 0.2) is 0 Å². The number of para-hydroxylation sites is 1. The number of hydrogen-bond acceptors (Lipinski definition) is 6. The average Bonchev–Trinajstić information content (AvgIpc) is 3.26. The maximum absolute atomic E-state index is 13.8. The molecule has 0 radical (unpaired) electrons. The summed E-state index contributed by atoms with van der Waals surface area (Å²) in [5.74, 6) is -2.87. The van der Waals surface area contributed by atoms with E-state index >= 15 is 0 Å². The van der Waals surface area contributed by atoms with E-state index in [1.165, 1.54) is 30.6 Å². The molecule has 1 aliphatic rings. The Labute approximate surface area is 170 Å². The van der Waals surface area contributed by atoms with Gasteiger partial charge >= 0.3 is 11.9 Å². The van der Waals surface area contributed by atoms with Gasteiger partial charge in [-0.15, -0.1) is 11.3 Å². The second-order valence-electron chi connectivity index (χ2n) is 6.95. The Kier molecular flexibility index (Phi) is 4.97. The number of nitrogens with zero attached hydrogens (tertiary/aromatic N) is 1. The number of carbonyl (C=O) groups is 2. The minimum absolute atomic E-state index is 0.252. The number of anilines is 1. The van der Waals surface area contributed by atoms with Gasteiger partial charge in [0.25, 0.3) is 0 Å². The van der Waals surface area contributed by atoms with E-state index in [-0.39, 0.29) is 12.4 Å². The second kappa shape index (κ2) is 7.46. The molecule has 1 aromatic heterocycles. The first-order valence-corrected chi connectivity index (χ1v) is 9.87. The maximum Gasteiger partial charge on any atom is 0.327 e. The first-order valence-electron chi connectivity index (χ1n) is 8.99. The van der Waals surface area contributed by atoms with Crippen molar-refractivity contribution in [2.45, 2.75) is 24.5 Å². The number of carboxylic acid groups (broad SMARTS) is 1. The Bertz CT molecular complexity index is 1100. The van der Waals surface area contributed by atoms with E-state index in [2.05, 4.69) is 0 Å². The smallest absolute Gasteiger partial charge is 0.327 e. The summed E-state index contributed by atoms with van der Waals surface area (Å²) in [4.78, 5) is 26.1. The van der Waals surface area contributed by atoms with Crippen LogP contribution in [0.1, 0.15) is 17.0 Å².